The molecule has 0 fully saturated rings. The van der Waals surface area contributed by atoms with Crippen molar-refractivity contribution in [2.24, 2.45) is 0 Å². The van der Waals surface area contributed by atoms with Crippen LogP contribution in [-0.2, 0) is 0 Å². The number of hydrogen-bond donors (Lipinski definition) is 1. The molecule has 1 rings (SSSR count). The van der Waals surface area contributed by atoms with Crippen molar-refractivity contribution in [2.75, 3.05) is 6.54 Å². The monoisotopic (exact) mass is 315 g/mol. The number of ketones is 1. The molecule has 18 heavy (non-hydrogen) atoms. The van der Waals surface area contributed by atoms with Gasteiger partial charge in [-0.1, -0.05) is 13.8 Å². The van der Waals surface area contributed by atoms with E-state index in [0.717, 1.165) is 17.4 Å². The van der Waals surface area contributed by atoms with E-state index in [0.29, 0.717) is 18.2 Å². The molecule has 0 aromatic carbocycles. The van der Waals surface area contributed by atoms with Crippen molar-refractivity contribution in [2.45, 2.75) is 52.6 Å². The summed E-state index contributed by atoms with van der Waals surface area (Å²) in [5.41, 5.74) is 0.689. The molecule has 102 valence electrons. The Morgan fingerprint density at radius 1 is 1.44 bits per heavy atom. The summed E-state index contributed by atoms with van der Waals surface area (Å²) in [5.74, 6) is 0.152. The Bertz CT molecular complexity index is 399. The van der Waals surface area contributed by atoms with Crippen LogP contribution in [0.1, 0.15) is 57.1 Å². The zero-order chi connectivity index (χ0) is 13.7. The number of Topliss-reactive ketones (excluding diaryl/α,β-unsaturated/α-hetero) is 1. The maximum absolute atomic E-state index is 12.2. The number of halogens is 1. The standard InChI is InChI=1S/C13H22BrN3O/c1-9(2)15-7-5-6-12(18)13-11(14)8-16-17(13)10(3)4/h8-10,15H,5-7H2,1-4H3. The summed E-state index contributed by atoms with van der Waals surface area (Å²) in [4.78, 5) is 12.2. The lowest BCUT2D eigenvalue weighted by Gasteiger charge is -2.11. The molecule has 0 bridgehead atoms. The first-order chi connectivity index (χ1) is 8.43. The largest absolute Gasteiger partial charge is 0.315 e. The summed E-state index contributed by atoms with van der Waals surface area (Å²) < 4.78 is 2.57. The number of rotatable bonds is 7. The Morgan fingerprint density at radius 3 is 2.67 bits per heavy atom. The quantitative estimate of drug-likeness (QED) is 0.621. The van der Waals surface area contributed by atoms with Gasteiger partial charge in [0.1, 0.15) is 5.69 Å². The molecule has 1 aromatic rings. The molecule has 0 saturated carbocycles. The predicted molar refractivity (Wildman–Crippen MR) is 77.0 cm³/mol. The number of carbonyl (C=O) groups is 1. The third-order valence-electron chi connectivity index (χ3n) is 2.64. The Balaban J connectivity index is 2.58. The van der Waals surface area contributed by atoms with Gasteiger partial charge >= 0.3 is 0 Å². The van der Waals surface area contributed by atoms with Crippen molar-refractivity contribution in [1.82, 2.24) is 15.1 Å². The summed E-state index contributed by atoms with van der Waals surface area (Å²) >= 11 is 3.40. The van der Waals surface area contributed by atoms with E-state index in [4.69, 9.17) is 0 Å². The highest BCUT2D eigenvalue weighted by atomic mass is 79.9. The molecule has 1 heterocycles. The smallest absolute Gasteiger partial charge is 0.182 e. The van der Waals surface area contributed by atoms with E-state index in [2.05, 4.69) is 40.2 Å². The van der Waals surface area contributed by atoms with Gasteiger partial charge in [0.25, 0.3) is 0 Å². The average Bonchev–Trinajstić information content (AvgIpc) is 2.66. The highest BCUT2D eigenvalue weighted by Crippen LogP contribution is 2.21. The molecule has 1 N–H and O–H groups in total. The van der Waals surface area contributed by atoms with Gasteiger partial charge in [-0.05, 0) is 42.7 Å². The van der Waals surface area contributed by atoms with E-state index in [1.807, 2.05) is 13.8 Å². The van der Waals surface area contributed by atoms with Gasteiger partial charge in [-0.25, -0.2) is 0 Å². The van der Waals surface area contributed by atoms with Crippen LogP contribution in [0.3, 0.4) is 0 Å². The summed E-state index contributed by atoms with van der Waals surface area (Å²) in [5, 5.41) is 7.54. The van der Waals surface area contributed by atoms with Gasteiger partial charge in [0.15, 0.2) is 5.78 Å². The lowest BCUT2D eigenvalue weighted by molar-refractivity contribution is 0.0966. The lowest BCUT2D eigenvalue weighted by Crippen LogP contribution is -2.24. The van der Waals surface area contributed by atoms with Crippen molar-refractivity contribution >= 4 is 21.7 Å². The van der Waals surface area contributed by atoms with Crippen LogP contribution < -0.4 is 5.32 Å². The molecule has 0 unspecified atom stereocenters. The van der Waals surface area contributed by atoms with Crippen LogP contribution in [0, 0.1) is 0 Å². The zero-order valence-electron chi connectivity index (χ0n) is 11.5. The van der Waals surface area contributed by atoms with E-state index in [-0.39, 0.29) is 11.8 Å². The van der Waals surface area contributed by atoms with Crippen LogP contribution in [0.15, 0.2) is 10.7 Å². The van der Waals surface area contributed by atoms with Crippen LogP contribution in [0.5, 0.6) is 0 Å². The third kappa shape index (κ3) is 4.21. The zero-order valence-corrected chi connectivity index (χ0v) is 13.1. The molecule has 0 saturated heterocycles. The maximum atomic E-state index is 12.2. The second kappa shape index (κ2) is 7.04. The molecule has 5 heteroatoms. The second-order valence-corrected chi connectivity index (χ2v) is 5.87. The Morgan fingerprint density at radius 2 is 2.11 bits per heavy atom. The molecule has 0 radical (unpaired) electrons. The molecule has 0 amide bonds. The van der Waals surface area contributed by atoms with Gasteiger partial charge in [0.05, 0.1) is 10.7 Å². The summed E-state index contributed by atoms with van der Waals surface area (Å²) in [6, 6.07) is 0.664. The number of hydrogen-bond acceptors (Lipinski definition) is 3. The fourth-order valence-electron chi connectivity index (χ4n) is 1.75. The van der Waals surface area contributed by atoms with Crippen molar-refractivity contribution in [3.05, 3.63) is 16.4 Å². The number of aromatic nitrogens is 2. The molecular weight excluding hydrogens is 294 g/mol. The first-order valence-electron chi connectivity index (χ1n) is 6.43. The third-order valence-corrected chi connectivity index (χ3v) is 3.22. The van der Waals surface area contributed by atoms with Gasteiger partial charge in [-0.15, -0.1) is 0 Å². The second-order valence-electron chi connectivity index (χ2n) is 5.01. The van der Waals surface area contributed by atoms with Crippen LogP contribution in [0.2, 0.25) is 0 Å². The fourth-order valence-corrected chi connectivity index (χ4v) is 2.25. The van der Waals surface area contributed by atoms with E-state index in [1.54, 1.807) is 10.9 Å². The average molecular weight is 316 g/mol. The van der Waals surface area contributed by atoms with E-state index >= 15 is 0 Å². The predicted octanol–water partition coefficient (Wildman–Crippen LogP) is 3.19. The minimum atomic E-state index is 0.152. The normalized spacial score (nSPS) is 11.5. The Hall–Kier alpha value is -0.680. The highest BCUT2D eigenvalue weighted by molar-refractivity contribution is 9.10. The highest BCUT2D eigenvalue weighted by Gasteiger charge is 2.18. The van der Waals surface area contributed by atoms with Crippen molar-refractivity contribution in [1.29, 1.82) is 0 Å². The van der Waals surface area contributed by atoms with Gasteiger partial charge < -0.3 is 5.32 Å². The van der Waals surface area contributed by atoms with Gasteiger partial charge in [-0.2, -0.15) is 5.10 Å². The first-order valence-corrected chi connectivity index (χ1v) is 7.22. The van der Waals surface area contributed by atoms with E-state index in [1.165, 1.54) is 0 Å². The summed E-state index contributed by atoms with van der Waals surface area (Å²) in [6.45, 7) is 9.13. The molecule has 0 aliphatic rings. The molecule has 1 aromatic heterocycles. The van der Waals surface area contributed by atoms with Crippen molar-refractivity contribution < 1.29 is 4.79 Å². The number of nitrogens with one attached hydrogen (secondary N) is 1. The van der Waals surface area contributed by atoms with E-state index < -0.39 is 0 Å². The lowest BCUT2D eigenvalue weighted by atomic mass is 10.1. The molecular formula is C13H22BrN3O. The van der Waals surface area contributed by atoms with Crippen LogP contribution in [0.4, 0.5) is 0 Å². The fraction of sp³-hybridized carbons (Fsp3) is 0.692. The maximum Gasteiger partial charge on any atom is 0.182 e. The minimum Gasteiger partial charge on any atom is -0.315 e. The SMILES string of the molecule is CC(C)NCCCC(=O)c1c(Br)cnn1C(C)C. The van der Waals surface area contributed by atoms with Crippen LogP contribution in [-0.4, -0.2) is 28.2 Å². The van der Waals surface area contributed by atoms with Gasteiger partial charge in [-0.3, -0.25) is 9.48 Å². The van der Waals surface area contributed by atoms with Crippen molar-refractivity contribution in [3.63, 3.8) is 0 Å². The molecule has 0 aliphatic carbocycles. The molecule has 0 aliphatic heterocycles. The van der Waals surface area contributed by atoms with E-state index in [9.17, 15) is 4.79 Å². The van der Waals surface area contributed by atoms with Gasteiger partial charge in [0, 0.05) is 18.5 Å². The molecule has 0 spiro atoms. The molecule has 4 nitrogen and oxygen atoms in total. The van der Waals surface area contributed by atoms with Gasteiger partial charge in [0.2, 0.25) is 0 Å². The van der Waals surface area contributed by atoms with Crippen LogP contribution in [0.25, 0.3) is 0 Å². The van der Waals surface area contributed by atoms with Crippen molar-refractivity contribution in [3.8, 4) is 0 Å². The summed E-state index contributed by atoms with van der Waals surface area (Å²) in [7, 11) is 0. The first kappa shape index (κ1) is 15.4. The Labute approximate surface area is 117 Å². The minimum absolute atomic E-state index is 0.152. The Kier molecular flexibility index (Phi) is 6.02. The van der Waals surface area contributed by atoms with Crippen LogP contribution >= 0.6 is 15.9 Å². The number of nitrogens with zero attached hydrogens (tertiary/aromatic N) is 2. The number of carbonyl (C=O) groups excluding carboxylic acids is 1. The molecule has 0 atom stereocenters. The summed E-state index contributed by atoms with van der Waals surface area (Å²) in [6.07, 6.45) is 3.10. The topological polar surface area (TPSA) is 46.9 Å².